The number of aromatic hydroxyl groups is 2. The molecule has 1 aromatic carbocycles. The van der Waals surface area contributed by atoms with Gasteiger partial charge in [-0.15, -0.1) is 0 Å². The van der Waals surface area contributed by atoms with Crippen molar-refractivity contribution in [3.05, 3.63) is 23.8 Å². The van der Waals surface area contributed by atoms with E-state index in [2.05, 4.69) is 5.32 Å². The maximum Gasteiger partial charge on any atom is 0.251 e. The third kappa shape index (κ3) is 3.86. The first-order valence-electron chi connectivity index (χ1n) is 6.61. The van der Waals surface area contributed by atoms with Crippen LogP contribution < -0.4 is 11.1 Å². The highest BCUT2D eigenvalue weighted by atomic mass is 16.3. The number of benzene rings is 1. The third-order valence-corrected chi connectivity index (χ3v) is 3.54. The molecule has 1 aromatic rings. The van der Waals surface area contributed by atoms with Gasteiger partial charge in [-0.1, -0.05) is 6.42 Å². The number of carbonyl (C=O) groups is 1. The Morgan fingerprint density at radius 3 is 2.58 bits per heavy atom. The fourth-order valence-electron chi connectivity index (χ4n) is 2.58. The molecule has 1 fully saturated rings. The summed E-state index contributed by atoms with van der Waals surface area (Å²) in [4.78, 5) is 11.9. The summed E-state index contributed by atoms with van der Waals surface area (Å²) in [5.74, 6) is -0.112. The first-order valence-corrected chi connectivity index (χ1v) is 6.61. The molecule has 2 unspecified atom stereocenters. The van der Waals surface area contributed by atoms with E-state index in [0.29, 0.717) is 12.5 Å². The summed E-state index contributed by atoms with van der Waals surface area (Å²) in [7, 11) is 0. The molecule has 0 aliphatic heterocycles. The van der Waals surface area contributed by atoms with Crippen molar-refractivity contribution in [2.24, 2.45) is 11.7 Å². The van der Waals surface area contributed by atoms with Crippen LogP contribution in [-0.4, -0.2) is 28.7 Å². The van der Waals surface area contributed by atoms with Gasteiger partial charge < -0.3 is 21.3 Å². The van der Waals surface area contributed by atoms with Crippen LogP contribution in [0.2, 0.25) is 0 Å². The van der Waals surface area contributed by atoms with Gasteiger partial charge in [0.2, 0.25) is 0 Å². The molecular formula is C14H20N2O3. The Bertz CT molecular complexity index is 442. The highest BCUT2D eigenvalue weighted by Gasteiger charge is 2.20. The van der Waals surface area contributed by atoms with Crippen LogP contribution in [0.5, 0.6) is 11.5 Å². The number of nitrogens with two attached hydrogens (primary N) is 1. The number of hydrogen-bond acceptors (Lipinski definition) is 4. The summed E-state index contributed by atoms with van der Waals surface area (Å²) in [6.07, 6.45) is 4.18. The number of amides is 1. The quantitative estimate of drug-likeness (QED) is 0.662. The second-order valence-electron chi connectivity index (χ2n) is 5.24. The zero-order chi connectivity index (χ0) is 13.8. The van der Waals surface area contributed by atoms with Crippen molar-refractivity contribution in [3.8, 4) is 11.5 Å². The van der Waals surface area contributed by atoms with Crippen molar-refractivity contribution in [1.82, 2.24) is 5.32 Å². The predicted octanol–water partition coefficient (Wildman–Crippen LogP) is 1.35. The van der Waals surface area contributed by atoms with Crippen molar-refractivity contribution in [2.45, 2.75) is 31.7 Å². The van der Waals surface area contributed by atoms with Crippen LogP contribution in [0.1, 0.15) is 36.0 Å². The zero-order valence-corrected chi connectivity index (χ0v) is 10.8. The molecule has 19 heavy (non-hydrogen) atoms. The van der Waals surface area contributed by atoms with Crippen LogP contribution in [0.15, 0.2) is 18.2 Å². The van der Waals surface area contributed by atoms with Gasteiger partial charge in [-0.25, -0.2) is 0 Å². The minimum absolute atomic E-state index is 0.121. The smallest absolute Gasteiger partial charge is 0.251 e. The van der Waals surface area contributed by atoms with Gasteiger partial charge in [0.1, 0.15) is 11.5 Å². The Morgan fingerprint density at radius 2 is 1.95 bits per heavy atom. The Hall–Kier alpha value is -1.75. The van der Waals surface area contributed by atoms with Gasteiger partial charge >= 0.3 is 0 Å². The lowest BCUT2D eigenvalue weighted by atomic mass is 9.86. The summed E-state index contributed by atoms with van der Waals surface area (Å²) < 4.78 is 0. The van der Waals surface area contributed by atoms with E-state index in [1.54, 1.807) is 0 Å². The number of rotatable bonds is 3. The molecule has 1 saturated carbocycles. The SMILES string of the molecule is NC1CCCC(CNC(=O)c2cc(O)cc(O)c2)C1. The lowest BCUT2D eigenvalue weighted by Crippen LogP contribution is -2.35. The van der Waals surface area contributed by atoms with Gasteiger partial charge in [0, 0.05) is 24.2 Å². The lowest BCUT2D eigenvalue weighted by molar-refractivity contribution is 0.0941. The van der Waals surface area contributed by atoms with E-state index in [1.807, 2.05) is 0 Å². The topological polar surface area (TPSA) is 95.6 Å². The Morgan fingerprint density at radius 1 is 1.26 bits per heavy atom. The van der Waals surface area contributed by atoms with Crippen molar-refractivity contribution < 1.29 is 15.0 Å². The van der Waals surface area contributed by atoms with Crippen molar-refractivity contribution in [2.75, 3.05) is 6.54 Å². The van der Waals surface area contributed by atoms with Crippen molar-refractivity contribution >= 4 is 5.91 Å². The largest absolute Gasteiger partial charge is 0.508 e. The van der Waals surface area contributed by atoms with Gasteiger partial charge in [0.05, 0.1) is 0 Å². The molecule has 5 nitrogen and oxygen atoms in total. The van der Waals surface area contributed by atoms with E-state index in [9.17, 15) is 15.0 Å². The van der Waals surface area contributed by atoms with E-state index in [0.717, 1.165) is 25.7 Å². The Labute approximate surface area is 112 Å². The molecule has 0 saturated heterocycles. The highest BCUT2D eigenvalue weighted by Crippen LogP contribution is 2.23. The Kier molecular flexibility index (Phi) is 4.27. The summed E-state index contributed by atoms with van der Waals surface area (Å²) in [5, 5.41) is 21.5. The molecule has 2 rings (SSSR count). The average Bonchev–Trinajstić information content (AvgIpc) is 2.35. The molecule has 104 valence electrons. The maximum atomic E-state index is 11.9. The van der Waals surface area contributed by atoms with Gasteiger partial charge in [-0.2, -0.15) is 0 Å². The molecule has 5 heteroatoms. The van der Waals surface area contributed by atoms with E-state index < -0.39 is 0 Å². The monoisotopic (exact) mass is 264 g/mol. The molecule has 0 spiro atoms. The van der Waals surface area contributed by atoms with Crippen LogP contribution in [0.4, 0.5) is 0 Å². The first kappa shape index (κ1) is 13.7. The fraction of sp³-hybridized carbons (Fsp3) is 0.500. The van der Waals surface area contributed by atoms with E-state index >= 15 is 0 Å². The summed E-state index contributed by atoms with van der Waals surface area (Å²) in [5.41, 5.74) is 6.17. The van der Waals surface area contributed by atoms with Gasteiger partial charge in [-0.05, 0) is 37.3 Å². The minimum Gasteiger partial charge on any atom is -0.508 e. The first-order chi connectivity index (χ1) is 9.04. The fourth-order valence-corrected chi connectivity index (χ4v) is 2.58. The number of phenolic OH excluding ortho intramolecular Hbond substituents is 2. The molecule has 1 amide bonds. The molecule has 0 aromatic heterocycles. The lowest BCUT2D eigenvalue weighted by Gasteiger charge is -2.26. The van der Waals surface area contributed by atoms with Crippen molar-refractivity contribution in [3.63, 3.8) is 0 Å². The molecule has 5 N–H and O–H groups in total. The van der Waals surface area contributed by atoms with Crippen LogP contribution in [-0.2, 0) is 0 Å². The van der Waals surface area contributed by atoms with E-state index in [-0.39, 0.29) is 29.0 Å². The van der Waals surface area contributed by atoms with Gasteiger partial charge in [0.25, 0.3) is 5.91 Å². The normalized spacial score (nSPS) is 23.0. The second kappa shape index (κ2) is 5.93. The Balaban J connectivity index is 1.90. The van der Waals surface area contributed by atoms with Crippen LogP contribution in [0.25, 0.3) is 0 Å². The summed E-state index contributed by atoms with van der Waals surface area (Å²) in [6.45, 7) is 0.586. The van der Waals surface area contributed by atoms with Crippen LogP contribution in [0, 0.1) is 5.92 Å². The minimum atomic E-state index is -0.287. The molecule has 0 bridgehead atoms. The third-order valence-electron chi connectivity index (χ3n) is 3.54. The molecular weight excluding hydrogens is 244 g/mol. The highest BCUT2D eigenvalue weighted by molar-refractivity contribution is 5.95. The summed E-state index contributed by atoms with van der Waals surface area (Å²) in [6, 6.07) is 4.10. The van der Waals surface area contributed by atoms with E-state index in [1.165, 1.54) is 18.2 Å². The van der Waals surface area contributed by atoms with Gasteiger partial charge in [-0.3, -0.25) is 4.79 Å². The van der Waals surface area contributed by atoms with Crippen LogP contribution >= 0.6 is 0 Å². The molecule has 0 radical (unpaired) electrons. The standard InChI is InChI=1S/C14H20N2O3/c15-11-3-1-2-9(4-11)8-16-14(19)10-5-12(17)7-13(18)6-10/h5-7,9,11,17-18H,1-4,8,15H2,(H,16,19). The average molecular weight is 264 g/mol. The van der Waals surface area contributed by atoms with E-state index in [4.69, 9.17) is 5.73 Å². The zero-order valence-electron chi connectivity index (χ0n) is 10.8. The summed E-state index contributed by atoms with van der Waals surface area (Å²) >= 11 is 0. The van der Waals surface area contributed by atoms with Crippen LogP contribution in [0.3, 0.4) is 0 Å². The number of phenols is 2. The molecule has 2 atom stereocenters. The van der Waals surface area contributed by atoms with Gasteiger partial charge in [0.15, 0.2) is 0 Å². The predicted molar refractivity (Wildman–Crippen MR) is 72.0 cm³/mol. The number of hydrogen-bond donors (Lipinski definition) is 4. The molecule has 1 aliphatic rings. The second-order valence-corrected chi connectivity index (χ2v) is 5.24. The molecule has 0 heterocycles. The molecule has 1 aliphatic carbocycles. The number of nitrogens with one attached hydrogen (secondary N) is 1. The number of carbonyl (C=O) groups excluding carboxylic acids is 1. The maximum absolute atomic E-state index is 11.9. The van der Waals surface area contributed by atoms with Crippen molar-refractivity contribution in [1.29, 1.82) is 0 Å².